The molecule has 0 bridgehead atoms. The van der Waals surface area contributed by atoms with E-state index in [0.29, 0.717) is 10.6 Å². The Kier molecular flexibility index (Phi) is 4.20. The zero-order valence-electron chi connectivity index (χ0n) is 11.9. The van der Waals surface area contributed by atoms with Crippen molar-refractivity contribution in [2.24, 2.45) is 0 Å². The van der Waals surface area contributed by atoms with Crippen molar-refractivity contribution in [1.82, 2.24) is 10.3 Å². The summed E-state index contributed by atoms with van der Waals surface area (Å²) < 4.78 is 0. The lowest BCUT2D eigenvalue weighted by Crippen LogP contribution is -2.30. The zero-order valence-corrected chi connectivity index (χ0v) is 12.7. The number of aromatic nitrogens is 1. The molecule has 1 aliphatic carbocycles. The highest BCUT2D eigenvalue weighted by molar-refractivity contribution is 7.14. The van der Waals surface area contributed by atoms with Crippen molar-refractivity contribution in [3.63, 3.8) is 0 Å². The third kappa shape index (κ3) is 3.17. The molecule has 1 unspecified atom stereocenters. The first-order chi connectivity index (χ1) is 10.6. The van der Waals surface area contributed by atoms with Crippen molar-refractivity contribution in [2.45, 2.75) is 31.7 Å². The van der Waals surface area contributed by atoms with Gasteiger partial charge in [0.2, 0.25) is 0 Å². The van der Waals surface area contributed by atoms with E-state index >= 15 is 0 Å². The minimum Gasteiger partial charge on any atom is -0.481 e. The molecule has 22 heavy (non-hydrogen) atoms. The number of aliphatic carboxylic acids is 1. The molecule has 114 valence electrons. The van der Waals surface area contributed by atoms with Gasteiger partial charge in [-0.1, -0.05) is 6.07 Å². The molecule has 0 aliphatic heterocycles. The number of nitrogens with zero attached hydrogens (tertiary/aromatic N) is 1. The van der Waals surface area contributed by atoms with E-state index in [1.807, 2.05) is 6.07 Å². The number of aryl methyl sites for hydroxylation is 2. The standard InChI is InChI=1S/C16H16N2O3S/c19-15(20)9-12(11-5-1-2-7-17-11)18-16(21)14-8-10-4-3-6-13(10)22-14/h1-2,5,7-8,12H,3-4,6,9H2,(H,18,21)(H,19,20). The number of carbonyl (C=O) groups is 2. The number of amides is 1. The summed E-state index contributed by atoms with van der Waals surface area (Å²) in [6.45, 7) is 0. The van der Waals surface area contributed by atoms with E-state index < -0.39 is 12.0 Å². The predicted octanol–water partition coefficient (Wildman–Crippen LogP) is 2.58. The van der Waals surface area contributed by atoms with E-state index in [1.54, 1.807) is 24.4 Å². The van der Waals surface area contributed by atoms with E-state index in [2.05, 4.69) is 10.3 Å². The Morgan fingerprint density at radius 1 is 1.36 bits per heavy atom. The SMILES string of the molecule is O=C(O)CC(NC(=O)c1cc2c(s1)CCC2)c1ccccn1. The molecular weight excluding hydrogens is 300 g/mol. The second-order valence-electron chi connectivity index (χ2n) is 5.29. The zero-order chi connectivity index (χ0) is 15.5. The van der Waals surface area contributed by atoms with Crippen LogP contribution < -0.4 is 5.32 Å². The molecule has 0 spiro atoms. The van der Waals surface area contributed by atoms with Gasteiger partial charge in [-0.15, -0.1) is 11.3 Å². The van der Waals surface area contributed by atoms with Gasteiger partial charge in [-0.2, -0.15) is 0 Å². The number of fused-ring (bicyclic) bond motifs is 1. The van der Waals surface area contributed by atoms with E-state index in [4.69, 9.17) is 5.11 Å². The number of pyridine rings is 1. The average Bonchev–Trinajstić information content (AvgIpc) is 3.08. The van der Waals surface area contributed by atoms with E-state index in [1.165, 1.54) is 21.8 Å². The summed E-state index contributed by atoms with van der Waals surface area (Å²) >= 11 is 1.51. The summed E-state index contributed by atoms with van der Waals surface area (Å²) in [5, 5.41) is 11.8. The van der Waals surface area contributed by atoms with Crippen LogP contribution in [0.5, 0.6) is 0 Å². The van der Waals surface area contributed by atoms with E-state index in [0.717, 1.165) is 19.3 Å². The lowest BCUT2D eigenvalue weighted by atomic mass is 10.1. The molecule has 0 aromatic carbocycles. The van der Waals surface area contributed by atoms with Gasteiger partial charge < -0.3 is 10.4 Å². The predicted molar refractivity (Wildman–Crippen MR) is 83.0 cm³/mol. The largest absolute Gasteiger partial charge is 0.481 e. The van der Waals surface area contributed by atoms with Crippen molar-refractivity contribution < 1.29 is 14.7 Å². The van der Waals surface area contributed by atoms with Crippen LogP contribution in [0.25, 0.3) is 0 Å². The van der Waals surface area contributed by atoms with E-state index in [9.17, 15) is 9.59 Å². The first kappa shape index (κ1) is 14.7. The molecule has 1 atom stereocenters. The normalized spacial score (nSPS) is 14.4. The van der Waals surface area contributed by atoms with Gasteiger partial charge in [0.15, 0.2) is 0 Å². The van der Waals surface area contributed by atoms with Crippen LogP contribution in [-0.4, -0.2) is 22.0 Å². The summed E-state index contributed by atoms with van der Waals surface area (Å²) in [6, 6.07) is 6.57. The number of nitrogens with one attached hydrogen (secondary N) is 1. The number of carbonyl (C=O) groups excluding carboxylic acids is 1. The quantitative estimate of drug-likeness (QED) is 0.888. The summed E-state index contributed by atoms with van der Waals surface area (Å²) in [5.74, 6) is -1.19. The molecule has 1 aliphatic rings. The monoisotopic (exact) mass is 316 g/mol. The minimum atomic E-state index is -0.968. The molecule has 2 aromatic heterocycles. The fourth-order valence-corrected chi connectivity index (χ4v) is 3.81. The summed E-state index contributed by atoms with van der Waals surface area (Å²) in [4.78, 5) is 29.5. The molecule has 3 rings (SSSR count). The fourth-order valence-electron chi connectivity index (χ4n) is 2.66. The van der Waals surface area contributed by atoms with Gasteiger partial charge in [-0.3, -0.25) is 14.6 Å². The highest BCUT2D eigenvalue weighted by Gasteiger charge is 2.23. The molecular formula is C16H16N2O3S. The molecule has 0 fully saturated rings. The van der Waals surface area contributed by atoms with Crippen molar-refractivity contribution in [1.29, 1.82) is 0 Å². The Morgan fingerprint density at radius 3 is 2.91 bits per heavy atom. The van der Waals surface area contributed by atoms with Gasteiger partial charge in [-0.05, 0) is 43.0 Å². The van der Waals surface area contributed by atoms with E-state index in [-0.39, 0.29) is 12.3 Å². The van der Waals surface area contributed by atoms with Gasteiger partial charge in [-0.25, -0.2) is 0 Å². The van der Waals surface area contributed by atoms with Crippen LogP contribution in [0.2, 0.25) is 0 Å². The Labute approximate surface area is 132 Å². The first-order valence-electron chi connectivity index (χ1n) is 7.18. The highest BCUT2D eigenvalue weighted by atomic mass is 32.1. The van der Waals surface area contributed by atoms with Gasteiger partial charge in [0, 0.05) is 11.1 Å². The number of rotatable bonds is 5. The lowest BCUT2D eigenvalue weighted by Gasteiger charge is -2.15. The number of thiophene rings is 1. The molecule has 0 saturated heterocycles. The van der Waals surface area contributed by atoms with Crippen LogP contribution in [0.15, 0.2) is 30.5 Å². The Hall–Kier alpha value is -2.21. The van der Waals surface area contributed by atoms with Crippen LogP contribution in [0.1, 0.15) is 44.7 Å². The molecule has 2 heterocycles. The second kappa shape index (κ2) is 6.27. The molecule has 1 amide bonds. The highest BCUT2D eigenvalue weighted by Crippen LogP contribution is 2.31. The topological polar surface area (TPSA) is 79.3 Å². The van der Waals surface area contributed by atoms with Gasteiger partial charge in [0.25, 0.3) is 5.91 Å². The summed E-state index contributed by atoms with van der Waals surface area (Å²) in [6.07, 6.45) is 4.62. The number of hydrogen-bond acceptors (Lipinski definition) is 4. The average molecular weight is 316 g/mol. The molecule has 0 saturated carbocycles. The van der Waals surface area contributed by atoms with Crippen LogP contribution >= 0.6 is 11.3 Å². The third-order valence-electron chi connectivity index (χ3n) is 3.70. The number of carboxylic acids is 1. The summed E-state index contributed by atoms with van der Waals surface area (Å²) in [7, 11) is 0. The third-order valence-corrected chi connectivity index (χ3v) is 4.94. The molecule has 2 aromatic rings. The van der Waals surface area contributed by atoms with Gasteiger partial charge in [0.05, 0.1) is 23.0 Å². The molecule has 2 N–H and O–H groups in total. The molecule has 0 radical (unpaired) electrons. The van der Waals surface area contributed by atoms with Crippen LogP contribution in [0.3, 0.4) is 0 Å². The Bertz CT molecular complexity index is 675. The molecule has 6 heteroatoms. The van der Waals surface area contributed by atoms with Crippen LogP contribution in [-0.2, 0) is 17.6 Å². The fraction of sp³-hybridized carbons (Fsp3) is 0.312. The number of carboxylic acid groups (broad SMARTS) is 1. The van der Waals surface area contributed by atoms with Crippen molar-refractivity contribution in [2.75, 3.05) is 0 Å². The maximum absolute atomic E-state index is 12.4. The Morgan fingerprint density at radius 2 is 2.23 bits per heavy atom. The second-order valence-corrected chi connectivity index (χ2v) is 6.43. The van der Waals surface area contributed by atoms with Crippen LogP contribution in [0.4, 0.5) is 0 Å². The maximum atomic E-state index is 12.4. The smallest absolute Gasteiger partial charge is 0.305 e. The number of hydrogen-bond donors (Lipinski definition) is 2. The minimum absolute atomic E-state index is 0.187. The first-order valence-corrected chi connectivity index (χ1v) is 8.00. The lowest BCUT2D eigenvalue weighted by molar-refractivity contribution is -0.137. The van der Waals surface area contributed by atoms with Crippen LogP contribution in [0, 0.1) is 0 Å². The van der Waals surface area contributed by atoms with Crippen molar-refractivity contribution in [3.05, 3.63) is 51.5 Å². The van der Waals surface area contributed by atoms with Gasteiger partial charge in [0.1, 0.15) is 0 Å². The maximum Gasteiger partial charge on any atom is 0.305 e. The van der Waals surface area contributed by atoms with Crippen molar-refractivity contribution >= 4 is 23.2 Å². The molecule has 5 nitrogen and oxygen atoms in total. The summed E-state index contributed by atoms with van der Waals surface area (Å²) in [5.41, 5.74) is 1.81. The Balaban J connectivity index is 1.77. The van der Waals surface area contributed by atoms with Crippen molar-refractivity contribution in [3.8, 4) is 0 Å². The van der Waals surface area contributed by atoms with Gasteiger partial charge >= 0.3 is 5.97 Å².